The van der Waals surface area contributed by atoms with Crippen LogP contribution in [0.4, 0.5) is 0 Å². The minimum Gasteiger partial charge on any atom is -0.477 e. The van der Waals surface area contributed by atoms with Crippen LogP contribution in [0.1, 0.15) is 62.4 Å². The molecule has 0 bridgehead atoms. The third kappa shape index (κ3) is 4.31. The van der Waals surface area contributed by atoms with Crippen molar-refractivity contribution in [2.45, 2.75) is 53.4 Å². The summed E-state index contributed by atoms with van der Waals surface area (Å²) in [6.45, 7) is 9.47. The van der Waals surface area contributed by atoms with Gasteiger partial charge in [-0.05, 0) is 62.5 Å². The zero-order valence-corrected chi connectivity index (χ0v) is 17.8. The molecule has 0 unspecified atom stereocenters. The van der Waals surface area contributed by atoms with Crippen LogP contribution in [0, 0.1) is 23.7 Å². The van der Waals surface area contributed by atoms with Crippen molar-refractivity contribution in [1.29, 1.82) is 0 Å². The van der Waals surface area contributed by atoms with Crippen molar-refractivity contribution in [3.8, 4) is 5.88 Å². The molecule has 0 saturated heterocycles. The molecule has 2 aliphatic rings. The molecule has 1 aromatic heterocycles. The molecule has 0 aliphatic heterocycles. The molecule has 2 fully saturated rings. The molecule has 6 nitrogen and oxygen atoms in total. The first-order valence-corrected chi connectivity index (χ1v) is 10.3. The maximum atomic E-state index is 13.1. The molecule has 0 spiro atoms. The minimum absolute atomic E-state index is 0.0724. The van der Waals surface area contributed by atoms with E-state index in [1.54, 1.807) is 18.1 Å². The van der Waals surface area contributed by atoms with E-state index < -0.39 is 0 Å². The molecule has 2 aliphatic carbocycles. The topological polar surface area (TPSA) is 71.5 Å². The lowest BCUT2D eigenvalue weighted by Crippen LogP contribution is -2.45. The Hall–Kier alpha value is -2.11. The van der Waals surface area contributed by atoms with Crippen molar-refractivity contribution in [2.75, 3.05) is 26.7 Å². The SMILES string of the molecule is CCOc1nccc(C)c1C(=O)N(C)CC(C)(C)CNC(=O)C1(C2CC2)CC1. The molecule has 1 heterocycles. The first-order valence-electron chi connectivity index (χ1n) is 10.3. The van der Waals surface area contributed by atoms with Gasteiger partial charge in [-0.25, -0.2) is 4.98 Å². The highest BCUT2D eigenvalue weighted by atomic mass is 16.5. The molecule has 154 valence electrons. The normalized spacial score (nSPS) is 17.8. The molecule has 3 rings (SSSR count). The Kier molecular flexibility index (Phi) is 5.69. The number of nitrogens with zero attached hydrogens (tertiary/aromatic N) is 2. The number of rotatable bonds is 9. The van der Waals surface area contributed by atoms with Crippen LogP contribution < -0.4 is 10.1 Å². The number of amides is 2. The van der Waals surface area contributed by atoms with Crippen LogP contribution in [0.2, 0.25) is 0 Å². The van der Waals surface area contributed by atoms with Crippen molar-refractivity contribution >= 4 is 11.8 Å². The summed E-state index contributed by atoms with van der Waals surface area (Å²) >= 11 is 0. The van der Waals surface area contributed by atoms with Crippen LogP contribution >= 0.6 is 0 Å². The van der Waals surface area contributed by atoms with Gasteiger partial charge in [0.25, 0.3) is 5.91 Å². The number of nitrogens with one attached hydrogen (secondary N) is 1. The van der Waals surface area contributed by atoms with Gasteiger partial charge in [-0.2, -0.15) is 0 Å². The highest BCUT2D eigenvalue weighted by Gasteiger charge is 2.59. The van der Waals surface area contributed by atoms with Gasteiger partial charge in [0, 0.05) is 26.3 Å². The van der Waals surface area contributed by atoms with E-state index in [0.717, 1.165) is 18.4 Å². The zero-order valence-electron chi connectivity index (χ0n) is 17.8. The number of pyridine rings is 1. The van der Waals surface area contributed by atoms with Crippen LogP contribution in [0.3, 0.4) is 0 Å². The van der Waals surface area contributed by atoms with E-state index in [4.69, 9.17) is 4.74 Å². The van der Waals surface area contributed by atoms with Gasteiger partial charge in [0.2, 0.25) is 11.8 Å². The second-order valence-electron chi connectivity index (χ2n) is 9.18. The fraction of sp³-hybridized carbons (Fsp3) is 0.682. The molecule has 0 atom stereocenters. The van der Waals surface area contributed by atoms with Gasteiger partial charge in [-0.1, -0.05) is 13.8 Å². The Morgan fingerprint density at radius 1 is 1.36 bits per heavy atom. The fourth-order valence-corrected chi connectivity index (χ4v) is 4.09. The van der Waals surface area contributed by atoms with Crippen molar-refractivity contribution in [1.82, 2.24) is 15.2 Å². The van der Waals surface area contributed by atoms with E-state index in [9.17, 15) is 9.59 Å². The summed E-state index contributed by atoms with van der Waals surface area (Å²) in [6.07, 6.45) is 6.11. The van der Waals surface area contributed by atoms with Gasteiger partial charge in [0.05, 0.1) is 12.0 Å². The zero-order chi connectivity index (χ0) is 20.5. The molecule has 1 N–H and O–H groups in total. The molecular formula is C22H33N3O3. The van der Waals surface area contributed by atoms with Gasteiger partial charge in [0.1, 0.15) is 5.56 Å². The number of ether oxygens (including phenoxy) is 1. The summed E-state index contributed by atoms with van der Waals surface area (Å²) in [5.74, 6) is 1.08. The quantitative estimate of drug-likeness (QED) is 0.706. The Morgan fingerprint density at radius 2 is 2.04 bits per heavy atom. The maximum absolute atomic E-state index is 13.1. The van der Waals surface area contributed by atoms with Gasteiger partial charge < -0.3 is 15.0 Å². The lowest BCUT2D eigenvalue weighted by atomic mass is 9.91. The van der Waals surface area contributed by atoms with Gasteiger partial charge in [-0.15, -0.1) is 0 Å². The standard InChI is InChI=1S/C22H33N3O3/c1-6-28-18-17(15(2)9-12-23-18)19(26)25(5)14-21(3,4)13-24-20(27)22(10-11-22)16-7-8-16/h9,12,16H,6-8,10-11,13-14H2,1-5H3,(H,24,27). The summed E-state index contributed by atoms with van der Waals surface area (Å²) in [5.41, 5.74) is 1.05. The first kappa shape index (κ1) is 20.6. The van der Waals surface area contributed by atoms with E-state index in [-0.39, 0.29) is 22.6 Å². The first-order chi connectivity index (χ1) is 13.2. The largest absolute Gasteiger partial charge is 0.477 e. The summed E-state index contributed by atoms with van der Waals surface area (Å²) in [5, 5.41) is 3.16. The lowest BCUT2D eigenvalue weighted by molar-refractivity contribution is -0.127. The van der Waals surface area contributed by atoms with E-state index >= 15 is 0 Å². The summed E-state index contributed by atoms with van der Waals surface area (Å²) in [7, 11) is 1.79. The minimum atomic E-state index is -0.235. The van der Waals surface area contributed by atoms with E-state index in [1.807, 2.05) is 19.9 Å². The van der Waals surface area contributed by atoms with E-state index in [1.165, 1.54) is 12.8 Å². The van der Waals surface area contributed by atoms with Crippen LogP contribution in [-0.4, -0.2) is 48.4 Å². The Bertz CT molecular complexity index is 751. The lowest BCUT2D eigenvalue weighted by Gasteiger charge is -2.31. The smallest absolute Gasteiger partial charge is 0.259 e. The number of aromatic nitrogens is 1. The molecular weight excluding hydrogens is 354 g/mol. The molecule has 1 aromatic rings. The highest BCUT2D eigenvalue weighted by molar-refractivity contribution is 5.97. The number of hydrogen-bond acceptors (Lipinski definition) is 4. The van der Waals surface area contributed by atoms with E-state index in [2.05, 4.69) is 24.1 Å². The second kappa shape index (κ2) is 7.72. The predicted octanol–water partition coefficient (Wildman–Crippen LogP) is 3.19. The Balaban J connectivity index is 1.60. The van der Waals surface area contributed by atoms with E-state index in [0.29, 0.717) is 37.1 Å². The van der Waals surface area contributed by atoms with Crippen molar-refractivity contribution in [3.63, 3.8) is 0 Å². The number of hydrogen-bond donors (Lipinski definition) is 1. The molecule has 2 amide bonds. The number of carbonyl (C=O) groups is 2. The molecule has 0 radical (unpaired) electrons. The van der Waals surface area contributed by atoms with Gasteiger partial charge >= 0.3 is 0 Å². The fourth-order valence-electron chi connectivity index (χ4n) is 4.09. The van der Waals surface area contributed by atoms with Crippen molar-refractivity contribution in [3.05, 3.63) is 23.4 Å². The average Bonchev–Trinajstić information content (AvgIpc) is 3.51. The Morgan fingerprint density at radius 3 is 2.61 bits per heavy atom. The predicted molar refractivity (Wildman–Crippen MR) is 108 cm³/mol. The monoisotopic (exact) mass is 387 g/mol. The summed E-state index contributed by atoms with van der Waals surface area (Å²) in [4.78, 5) is 31.6. The Labute approximate surface area is 168 Å². The van der Waals surface area contributed by atoms with Gasteiger partial charge in [0.15, 0.2) is 0 Å². The average molecular weight is 388 g/mol. The van der Waals surface area contributed by atoms with Crippen LogP contribution in [0.5, 0.6) is 5.88 Å². The van der Waals surface area contributed by atoms with Crippen LogP contribution in [0.15, 0.2) is 12.3 Å². The summed E-state index contributed by atoms with van der Waals surface area (Å²) < 4.78 is 5.56. The van der Waals surface area contributed by atoms with Crippen molar-refractivity contribution in [2.24, 2.45) is 16.7 Å². The molecule has 0 aromatic carbocycles. The van der Waals surface area contributed by atoms with Crippen LogP contribution in [-0.2, 0) is 4.79 Å². The number of carbonyl (C=O) groups excluding carboxylic acids is 2. The molecule has 28 heavy (non-hydrogen) atoms. The van der Waals surface area contributed by atoms with Gasteiger partial charge in [-0.3, -0.25) is 9.59 Å². The second-order valence-corrected chi connectivity index (χ2v) is 9.18. The third-order valence-electron chi connectivity index (χ3n) is 5.96. The molecule has 6 heteroatoms. The maximum Gasteiger partial charge on any atom is 0.259 e. The third-order valence-corrected chi connectivity index (χ3v) is 5.96. The molecule has 2 saturated carbocycles. The highest BCUT2D eigenvalue weighted by Crippen LogP contribution is 2.61. The summed E-state index contributed by atoms with van der Waals surface area (Å²) in [6, 6.07) is 1.82. The van der Waals surface area contributed by atoms with Crippen molar-refractivity contribution < 1.29 is 14.3 Å². The number of aryl methyl sites for hydroxylation is 1. The van der Waals surface area contributed by atoms with Crippen LogP contribution in [0.25, 0.3) is 0 Å².